The maximum Gasteiger partial charge on any atom is 0.133 e. The van der Waals surface area contributed by atoms with Gasteiger partial charge in [0.05, 0.1) is 0 Å². The molecule has 1 unspecified atom stereocenters. The smallest absolute Gasteiger partial charge is 0.133 e. The van der Waals surface area contributed by atoms with Crippen LogP contribution in [-0.2, 0) is 4.79 Å². The number of Topliss-reactive ketones (excluding diaryl/α,β-unsaturated/α-hetero) is 1. The molecule has 0 radical (unpaired) electrons. The minimum absolute atomic E-state index is 0.138. The van der Waals surface area contributed by atoms with E-state index in [9.17, 15) is 4.79 Å². The first-order valence-electron chi connectivity index (χ1n) is 4.44. The molecule has 0 aromatic heterocycles. The van der Waals surface area contributed by atoms with Gasteiger partial charge in [-0.25, -0.2) is 0 Å². The molecule has 0 saturated carbocycles. The standard InChI is InChI=1S/C10H19NO/c1-8(2)4-6-10(12)7-5-9(3)11/h9H,1,4-7,11H2,2-3H3. The number of hydrogen-bond donors (Lipinski definition) is 1. The minimum Gasteiger partial charge on any atom is -0.328 e. The maximum absolute atomic E-state index is 11.2. The second kappa shape index (κ2) is 5.95. The minimum atomic E-state index is 0.138. The molecular weight excluding hydrogens is 150 g/mol. The molecule has 0 amide bonds. The van der Waals surface area contributed by atoms with Crippen molar-refractivity contribution in [1.82, 2.24) is 0 Å². The van der Waals surface area contributed by atoms with Gasteiger partial charge in [-0.2, -0.15) is 0 Å². The van der Waals surface area contributed by atoms with Gasteiger partial charge in [-0.3, -0.25) is 4.79 Å². The number of ketones is 1. The van der Waals surface area contributed by atoms with Crippen molar-refractivity contribution in [3.8, 4) is 0 Å². The van der Waals surface area contributed by atoms with Crippen molar-refractivity contribution in [2.45, 2.75) is 45.6 Å². The largest absolute Gasteiger partial charge is 0.328 e. The van der Waals surface area contributed by atoms with E-state index in [2.05, 4.69) is 6.58 Å². The summed E-state index contributed by atoms with van der Waals surface area (Å²) in [6.45, 7) is 7.61. The summed E-state index contributed by atoms with van der Waals surface area (Å²) >= 11 is 0. The van der Waals surface area contributed by atoms with Gasteiger partial charge >= 0.3 is 0 Å². The SMILES string of the molecule is C=C(C)CCC(=O)CCC(C)N. The predicted molar refractivity (Wildman–Crippen MR) is 51.9 cm³/mol. The molecule has 0 bridgehead atoms. The van der Waals surface area contributed by atoms with Crippen LogP contribution in [0, 0.1) is 0 Å². The van der Waals surface area contributed by atoms with Gasteiger partial charge in [0.2, 0.25) is 0 Å². The Morgan fingerprint density at radius 2 is 2.00 bits per heavy atom. The Bertz CT molecular complexity index is 161. The van der Waals surface area contributed by atoms with Crippen LogP contribution in [0.5, 0.6) is 0 Å². The summed E-state index contributed by atoms with van der Waals surface area (Å²) in [6.07, 6.45) is 2.86. The van der Waals surface area contributed by atoms with E-state index in [1.54, 1.807) is 0 Å². The number of nitrogens with two attached hydrogens (primary N) is 1. The highest BCUT2D eigenvalue weighted by Crippen LogP contribution is 2.05. The van der Waals surface area contributed by atoms with E-state index in [-0.39, 0.29) is 6.04 Å². The fourth-order valence-corrected chi connectivity index (χ4v) is 0.866. The molecule has 2 nitrogen and oxygen atoms in total. The molecule has 0 aliphatic carbocycles. The first kappa shape index (κ1) is 11.4. The van der Waals surface area contributed by atoms with Crippen molar-refractivity contribution < 1.29 is 4.79 Å². The van der Waals surface area contributed by atoms with Crippen LogP contribution in [0.2, 0.25) is 0 Å². The van der Waals surface area contributed by atoms with Gasteiger partial charge in [-0.05, 0) is 26.7 Å². The first-order chi connectivity index (χ1) is 5.52. The Hall–Kier alpha value is -0.630. The highest BCUT2D eigenvalue weighted by Gasteiger charge is 2.03. The second-order valence-electron chi connectivity index (χ2n) is 3.51. The van der Waals surface area contributed by atoms with Gasteiger partial charge in [0, 0.05) is 18.9 Å². The summed E-state index contributed by atoms with van der Waals surface area (Å²) in [6, 6.07) is 0.138. The van der Waals surface area contributed by atoms with Gasteiger partial charge in [0.25, 0.3) is 0 Å². The Morgan fingerprint density at radius 3 is 2.42 bits per heavy atom. The summed E-state index contributed by atoms with van der Waals surface area (Å²) in [5.41, 5.74) is 6.60. The molecule has 0 spiro atoms. The highest BCUT2D eigenvalue weighted by atomic mass is 16.1. The van der Waals surface area contributed by atoms with Crippen LogP contribution >= 0.6 is 0 Å². The van der Waals surface area contributed by atoms with Crippen LogP contribution in [-0.4, -0.2) is 11.8 Å². The zero-order valence-electron chi connectivity index (χ0n) is 8.10. The van der Waals surface area contributed by atoms with Crippen LogP contribution in [0.1, 0.15) is 39.5 Å². The number of carbonyl (C=O) groups is 1. The van der Waals surface area contributed by atoms with Crippen molar-refractivity contribution >= 4 is 5.78 Å². The predicted octanol–water partition coefficient (Wildman–Crippen LogP) is 2.04. The molecule has 0 aliphatic rings. The Balaban J connectivity index is 3.40. The molecule has 0 aromatic carbocycles. The molecule has 70 valence electrons. The van der Waals surface area contributed by atoms with Crippen LogP contribution in [0.3, 0.4) is 0 Å². The summed E-state index contributed by atoms with van der Waals surface area (Å²) in [5, 5.41) is 0. The molecule has 2 N–H and O–H groups in total. The van der Waals surface area contributed by atoms with E-state index < -0.39 is 0 Å². The van der Waals surface area contributed by atoms with Crippen molar-refractivity contribution in [3.63, 3.8) is 0 Å². The van der Waals surface area contributed by atoms with Crippen LogP contribution in [0.15, 0.2) is 12.2 Å². The van der Waals surface area contributed by atoms with E-state index in [1.807, 2.05) is 13.8 Å². The lowest BCUT2D eigenvalue weighted by atomic mass is 10.1. The van der Waals surface area contributed by atoms with Crippen LogP contribution in [0.4, 0.5) is 0 Å². The normalized spacial score (nSPS) is 12.6. The Morgan fingerprint density at radius 1 is 1.42 bits per heavy atom. The summed E-state index contributed by atoms with van der Waals surface area (Å²) in [4.78, 5) is 11.2. The lowest BCUT2D eigenvalue weighted by molar-refractivity contribution is -0.119. The third-order valence-electron chi connectivity index (χ3n) is 1.71. The fourth-order valence-electron chi connectivity index (χ4n) is 0.866. The van der Waals surface area contributed by atoms with Crippen LogP contribution < -0.4 is 5.73 Å². The van der Waals surface area contributed by atoms with Crippen molar-refractivity contribution in [2.24, 2.45) is 5.73 Å². The molecule has 0 fully saturated rings. The maximum atomic E-state index is 11.2. The monoisotopic (exact) mass is 169 g/mol. The van der Waals surface area contributed by atoms with Crippen molar-refractivity contribution in [2.75, 3.05) is 0 Å². The van der Waals surface area contributed by atoms with Gasteiger partial charge < -0.3 is 5.73 Å². The fraction of sp³-hybridized carbons (Fsp3) is 0.700. The number of rotatable bonds is 6. The molecule has 0 rings (SSSR count). The van der Waals surface area contributed by atoms with Crippen LogP contribution in [0.25, 0.3) is 0 Å². The third kappa shape index (κ3) is 7.48. The lowest BCUT2D eigenvalue weighted by Gasteiger charge is -2.03. The quantitative estimate of drug-likeness (QED) is 0.618. The molecule has 0 heterocycles. The zero-order valence-corrected chi connectivity index (χ0v) is 8.10. The number of hydrogen-bond acceptors (Lipinski definition) is 2. The second-order valence-corrected chi connectivity index (χ2v) is 3.51. The molecule has 12 heavy (non-hydrogen) atoms. The van der Waals surface area contributed by atoms with E-state index in [0.29, 0.717) is 18.6 Å². The zero-order chi connectivity index (χ0) is 9.56. The molecule has 0 saturated heterocycles. The molecule has 0 aliphatic heterocycles. The number of allylic oxidation sites excluding steroid dienone is 1. The summed E-state index contributed by atoms with van der Waals surface area (Å²) in [7, 11) is 0. The summed E-state index contributed by atoms with van der Waals surface area (Å²) in [5.74, 6) is 0.301. The van der Waals surface area contributed by atoms with E-state index >= 15 is 0 Å². The molecule has 0 aromatic rings. The number of carbonyl (C=O) groups excluding carboxylic acids is 1. The third-order valence-corrected chi connectivity index (χ3v) is 1.71. The van der Waals surface area contributed by atoms with Crippen molar-refractivity contribution in [1.29, 1.82) is 0 Å². The molecule has 1 atom stereocenters. The summed E-state index contributed by atoms with van der Waals surface area (Å²) < 4.78 is 0. The van der Waals surface area contributed by atoms with Gasteiger partial charge in [0.1, 0.15) is 5.78 Å². The Kier molecular flexibility index (Phi) is 5.64. The average Bonchev–Trinajstić information content (AvgIpc) is 1.96. The van der Waals surface area contributed by atoms with E-state index in [1.165, 1.54) is 0 Å². The van der Waals surface area contributed by atoms with E-state index in [4.69, 9.17) is 5.73 Å². The van der Waals surface area contributed by atoms with E-state index in [0.717, 1.165) is 18.4 Å². The highest BCUT2D eigenvalue weighted by molar-refractivity contribution is 5.78. The Labute approximate surface area is 74.8 Å². The van der Waals surface area contributed by atoms with Gasteiger partial charge in [-0.15, -0.1) is 6.58 Å². The molecule has 2 heteroatoms. The van der Waals surface area contributed by atoms with Gasteiger partial charge in [0.15, 0.2) is 0 Å². The average molecular weight is 169 g/mol. The lowest BCUT2D eigenvalue weighted by Crippen LogP contribution is -2.16. The first-order valence-corrected chi connectivity index (χ1v) is 4.44. The topological polar surface area (TPSA) is 43.1 Å². The van der Waals surface area contributed by atoms with Gasteiger partial charge in [-0.1, -0.05) is 5.57 Å². The molecular formula is C10H19NO. The van der Waals surface area contributed by atoms with Crippen molar-refractivity contribution in [3.05, 3.63) is 12.2 Å².